The van der Waals surface area contributed by atoms with Crippen molar-refractivity contribution in [1.82, 2.24) is 4.98 Å². The van der Waals surface area contributed by atoms with Crippen molar-refractivity contribution in [1.29, 1.82) is 0 Å². The van der Waals surface area contributed by atoms with E-state index in [0.717, 1.165) is 34.9 Å². The lowest BCUT2D eigenvalue weighted by Gasteiger charge is -2.14. The normalized spacial score (nSPS) is 17.7. The highest BCUT2D eigenvalue weighted by atomic mass is 35.5. The molecule has 2 aromatic heterocycles. The standard InChI is InChI=1S/C26H19ClN2O4/c27-19-12-20-18(11-17(19)14-3-5-16(6-4-14)26(13-30)7-8-26)22(24(32)29-20)23(31)21-10-15-2-1-9-28-25(15)33-21/h1-6,9-12,30-31H,7-8,13H2,(H,29,32)/b23-22-. The number of carbonyl (C=O) groups is 1. The van der Waals surface area contributed by atoms with Gasteiger partial charge in [-0.15, -0.1) is 0 Å². The molecule has 1 saturated carbocycles. The molecule has 6 rings (SSSR count). The highest BCUT2D eigenvalue weighted by molar-refractivity contribution is 6.38. The van der Waals surface area contributed by atoms with Gasteiger partial charge >= 0.3 is 0 Å². The number of benzene rings is 2. The molecule has 164 valence electrons. The van der Waals surface area contributed by atoms with E-state index in [4.69, 9.17) is 16.0 Å². The second kappa shape index (κ2) is 7.20. The zero-order valence-corrected chi connectivity index (χ0v) is 18.2. The molecule has 4 aromatic rings. The van der Waals surface area contributed by atoms with E-state index in [1.165, 1.54) is 0 Å². The van der Waals surface area contributed by atoms with Gasteiger partial charge in [0.15, 0.2) is 11.5 Å². The number of fused-ring (bicyclic) bond motifs is 2. The predicted octanol–water partition coefficient (Wildman–Crippen LogP) is 5.55. The van der Waals surface area contributed by atoms with Gasteiger partial charge in [-0.1, -0.05) is 35.9 Å². The van der Waals surface area contributed by atoms with E-state index in [-0.39, 0.29) is 29.1 Å². The highest BCUT2D eigenvalue weighted by Crippen LogP contribution is 2.48. The number of hydrogen-bond donors (Lipinski definition) is 3. The van der Waals surface area contributed by atoms with Crippen molar-refractivity contribution >= 4 is 45.6 Å². The first-order valence-corrected chi connectivity index (χ1v) is 11.0. The second-order valence-electron chi connectivity index (χ2n) is 8.58. The molecule has 0 unspecified atom stereocenters. The van der Waals surface area contributed by atoms with E-state index < -0.39 is 5.91 Å². The maximum Gasteiger partial charge on any atom is 0.260 e. The Labute approximate surface area is 194 Å². The van der Waals surface area contributed by atoms with Gasteiger partial charge < -0.3 is 19.9 Å². The first-order valence-electron chi connectivity index (χ1n) is 10.6. The molecule has 3 heterocycles. The quantitative estimate of drug-likeness (QED) is 0.275. The van der Waals surface area contributed by atoms with E-state index in [1.807, 2.05) is 30.3 Å². The first kappa shape index (κ1) is 20.0. The topological polar surface area (TPSA) is 95.6 Å². The van der Waals surface area contributed by atoms with E-state index in [1.54, 1.807) is 30.5 Å². The third-order valence-corrected chi connectivity index (χ3v) is 6.89. The molecule has 6 nitrogen and oxygen atoms in total. The zero-order chi connectivity index (χ0) is 22.7. The molecule has 7 heteroatoms. The Bertz CT molecular complexity index is 1430. The third kappa shape index (κ3) is 3.14. The Morgan fingerprint density at radius 2 is 1.91 bits per heavy atom. The Morgan fingerprint density at radius 1 is 1.12 bits per heavy atom. The van der Waals surface area contributed by atoms with Crippen molar-refractivity contribution < 1.29 is 19.4 Å². The van der Waals surface area contributed by atoms with Gasteiger partial charge in [-0.2, -0.15) is 0 Å². The molecule has 0 spiro atoms. The van der Waals surface area contributed by atoms with Crippen LogP contribution in [0.3, 0.4) is 0 Å². The van der Waals surface area contributed by atoms with Crippen LogP contribution in [0.1, 0.15) is 29.7 Å². The molecule has 0 radical (unpaired) electrons. The molecule has 1 fully saturated rings. The number of aliphatic hydroxyl groups is 2. The minimum absolute atomic E-state index is 0.111. The molecule has 0 bridgehead atoms. The van der Waals surface area contributed by atoms with E-state index >= 15 is 0 Å². The number of aliphatic hydroxyl groups excluding tert-OH is 2. The van der Waals surface area contributed by atoms with Gasteiger partial charge in [-0.05, 0) is 54.3 Å². The maximum atomic E-state index is 12.8. The van der Waals surface area contributed by atoms with Crippen LogP contribution in [-0.2, 0) is 10.2 Å². The van der Waals surface area contributed by atoms with Gasteiger partial charge in [0.2, 0.25) is 5.71 Å². The first-order chi connectivity index (χ1) is 16.0. The number of nitrogens with one attached hydrogen (secondary N) is 1. The Hall–Kier alpha value is -3.61. The molecule has 33 heavy (non-hydrogen) atoms. The molecular weight excluding hydrogens is 440 g/mol. The molecule has 0 atom stereocenters. The fourth-order valence-electron chi connectivity index (χ4n) is 4.45. The number of anilines is 1. The Morgan fingerprint density at radius 3 is 2.61 bits per heavy atom. The summed E-state index contributed by atoms with van der Waals surface area (Å²) in [6.45, 7) is 0.143. The molecule has 2 aliphatic rings. The van der Waals surface area contributed by atoms with Crippen molar-refractivity contribution in [3.8, 4) is 11.1 Å². The summed E-state index contributed by atoms with van der Waals surface area (Å²) in [7, 11) is 0. The molecule has 1 aliphatic carbocycles. The van der Waals surface area contributed by atoms with Gasteiger partial charge in [0.05, 0.1) is 22.9 Å². The molecule has 3 N–H and O–H groups in total. The minimum atomic E-state index is -0.432. The van der Waals surface area contributed by atoms with Gasteiger partial charge in [0.25, 0.3) is 5.91 Å². The van der Waals surface area contributed by atoms with Crippen molar-refractivity contribution in [2.75, 3.05) is 11.9 Å². The van der Waals surface area contributed by atoms with Crippen LogP contribution in [0.25, 0.3) is 33.6 Å². The number of amides is 1. The number of nitrogens with zero attached hydrogens (tertiary/aromatic N) is 1. The molecule has 1 amide bonds. The number of carbonyl (C=O) groups excluding carboxylic acids is 1. The minimum Gasteiger partial charge on any atom is -0.504 e. The average Bonchev–Trinajstić information content (AvgIpc) is 3.40. The van der Waals surface area contributed by atoms with Crippen LogP contribution in [0, 0.1) is 0 Å². The predicted molar refractivity (Wildman–Crippen MR) is 127 cm³/mol. The fourth-order valence-corrected chi connectivity index (χ4v) is 4.73. The fraction of sp³-hybridized carbons (Fsp3) is 0.154. The summed E-state index contributed by atoms with van der Waals surface area (Å²) in [6.07, 6.45) is 3.57. The smallest absolute Gasteiger partial charge is 0.260 e. The van der Waals surface area contributed by atoms with Crippen LogP contribution >= 0.6 is 11.6 Å². The van der Waals surface area contributed by atoms with Crippen LogP contribution < -0.4 is 5.32 Å². The van der Waals surface area contributed by atoms with Crippen LogP contribution in [0.5, 0.6) is 0 Å². The van der Waals surface area contributed by atoms with Gasteiger partial charge in [-0.3, -0.25) is 4.79 Å². The van der Waals surface area contributed by atoms with E-state index in [9.17, 15) is 15.0 Å². The maximum absolute atomic E-state index is 12.8. The summed E-state index contributed by atoms with van der Waals surface area (Å²) < 4.78 is 5.66. The molecule has 2 aromatic carbocycles. The summed E-state index contributed by atoms with van der Waals surface area (Å²) in [4.78, 5) is 16.9. The second-order valence-corrected chi connectivity index (χ2v) is 8.99. The molecular formula is C26H19ClN2O4. The zero-order valence-electron chi connectivity index (χ0n) is 17.4. The summed E-state index contributed by atoms with van der Waals surface area (Å²) >= 11 is 6.56. The highest BCUT2D eigenvalue weighted by Gasteiger charge is 2.43. The van der Waals surface area contributed by atoms with Crippen LogP contribution in [0.15, 0.2) is 65.2 Å². The lowest BCUT2D eigenvalue weighted by Crippen LogP contribution is -2.11. The van der Waals surface area contributed by atoms with Crippen molar-refractivity contribution in [3.05, 3.63) is 82.7 Å². The average molecular weight is 459 g/mol. The van der Waals surface area contributed by atoms with E-state index in [0.29, 0.717) is 22.0 Å². The number of aromatic nitrogens is 1. The SMILES string of the molecule is O=C1Nc2cc(Cl)c(-c3ccc(C4(CO)CC4)cc3)cc2/C1=C(/O)c1cc2cccnc2o1. The lowest BCUT2D eigenvalue weighted by atomic mass is 9.93. The Balaban J connectivity index is 1.44. The summed E-state index contributed by atoms with van der Waals surface area (Å²) in [5, 5.41) is 24.6. The Kier molecular flexibility index (Phi) is 4.37. The number of furan rings is 1. The van der Waals surface area contributed by atoms with Crippen LogP contribution in [-0.4, -0.2) is 27.7 Å². The summed E-state index contributed by atoms with van der Waals surface area (Å²) in [5.41, 5.74) is 4.19. The summed E-state index contributed by atoms with van der Waals surface area (Å²) in [5.74, 6) is -0.522. The monoisotopic (exact) mass is 458 g/mol. The van der Waals surface area contributed by atoms with Crippen molar-refractivity contribution in [2.24, 2.45) is 0 Å². The molecule has 0 saturated heterocycles. The number of hydrogen-bond acceptors (Lipinski definition) is 5. The third-order valence-electron chi connectivity index (χ3n) is 6.58. The van der Waals surface area contributed by atoms with Crippen molar-refractivity contribution in [3.63, 3.8) is 0 Å². The number of pyridine rings is 1. The number of rotatable bonds is 4. The van der Waals surface area contributed by atoms with Gasteiger partial charge in [0, 0.05) is 28.1 Å². The van der Waals surface area contributed by atoms with Gasteiger partial charge in [-0.25, -0.2) is 4.98 Å². The summed E-state index contributed by atoms with van der Waals surface area (Å²) in [6, 6.07) is 16.7. The molecule has 1 aliphatic heterocycles. The van der Waals surface area contributed by atoms with E-state index in [2.05, 4.69) is 10.3 Å². The van der Waals surface area contributed by atoms with Crippen LogP contribution in [0.4, 0.5) is 5.69 Å². The lowest BCUT2D eigenvalue weighted by molar-refractivity contribution is -0.110. The largest absolute Gasteiger partial charge is 0.504 e. The van der Waals surface area contributed by atoms with Crippen molar-refractivity contribution in [2.45, 2.75) is 18.3 Å². The van der Waals surface area contributed by atoms with Crippen LogP contribution in [0.2, 0.25) is 5.02 Å². The number of halogens is 1. The van der Waals surface area contributed by atoms with Gasteiger partial charge in [0.1, 0.15) is 0 Å².